The Hall–Kier alpha value is -1.42. The summed E-state index contributed by atoms with van der Waals surface area (Å²) < 4.78 is 15.5. The molecule has 1 fully saturated rings. The molecule has 1 saturated carbocycles. The predicted octanol–water partition coefficient (Wildman–Crippen LogP) is 2.96. The molecule has 19 heavy (non-hydrogen) atoms. The second-order valence-electron chi connectivity index (χ2n) is 5.73. The van der Waals surface area contributed by atoms with Crippen molar-refractivity contribution in [2.45, 2.75) is 51.1 Å². The molecule has 3 rings (SSSR count). The number of aryl methyl sites for hydroxylation is 1. The van der Waals surface area contributed by atoms with E-state index in [-0.39, 0.29) is 17.3 Å². The number of rotatable bonds is 2. The fourth-order valence-corrected chi connectivity index (χ4v) is 3.33. The molecule has 2 unspecified atom stereocenters. The monoisotopic (exact) mass is 261 g/mol. The molecule has 4 heteroatoms. The van der Waals surface area contributed by atoms with Gasteiger partial charge in [0.1, 0.15) is 11.6 Å². The van der Waals surface area contributed by atoms with Crippen molar-refractivity contribution in [1.82, 2.24) is 9.55 Å². The fraction of sp³-hybridized carbons (Fsp3) is 0.533. The van der Waals surface area contributed by atoms with Crippen LogP contribution < -0.4 is 5.73 Å². The van der Waals surface area contributed by atoms with Crippen LogP contribution in [0.5, 0.6) is 0 Å². The van der Waals surface area contributed by atoms with Crippen molar-refractivity contribution in [2.75, 3.05) is 0 Å². The lowest BCUT2D eigenvalue weighted by Gasteiger charge is -2.29. The van der Waals surface area contributed by atoms with Crippen LogP contribution in [0, 0.1) is 5.82 Å². The van der Waals surface area contributed by atoms with E-state index in [4.69, 9.17) is 10.7 Å². The summed E-state index contributed by atoms with van der Waals surface area (Å²) in [6.45, 7) is 5.12. The predicted molar refractivity (Wildman–Crippen MR) is 74.5 cm³/mol. The Kier molecular flexibility index (Phi) is 2.86. The first-order valence-electron chi connectivity index (χ1n) is 6.98. The van der Waals surface area contributed by atoms with Gasteiger partial charge in [0.2, 0.25) is 0 Å². The summed E-state index contributed by atoms with van der Waals surface area (Å²) in [5.74, 6) is 0.779. The molecule has 1 heterocycles. The van der Waals surface area contributed by atoms with Crippen molar-refractivity contribution >= 4 is 11.0 Å². The number of nitrogens with two attached hydrogens (primary N) is 1. The minimum Gasteiger partial charge on any atom is -0.328 e. The lowest BCUT2D eigenvalue weighted by molar-refractivity contribution is 0.389. The summed E-state index contributed by atoms with van der Waals surface area (Å²) >= 11 is 0. The van der Waals surface area contributed by atoms with Crippen LogP contribution in [-0.4, -0.2) is 15.6 Å². The SMILES string of the molecule is CCn1c(C2(C)CCCC2N)nc2cc(F)ccc21. The van der Waals surface area contributed by atoms with E-state index in [0.29, 0.717) is 0 Å². The molecule has 1 aromatic heterocycles. The number of benzene rings is 1. The quantitative estimate of drug-likeness (QED) is 0.903. The number of fused-ring (bicyclic) bond motifs is 1. The van der Waals surface area contributed by atoms with Crippen LogP contribution in [0.1, 0.15) is 38.9 Å². The molecule has 1 aromatic carbocycles. The largest absolute Gasteiger partial charge is 0.328 e. The smallest absolute Gasteiger partial charge is 0.125 e. The Morgan fingerprint density at radius 1 is 1.53 bits per heavy atom. The highest BCUT2D eigenvalue weighted by Gasteiger charge is 2.41. The van der Waals surface area contributed by atoms with Crippen LogP contribution in [0.2, 0.25) is 0 Å². The highest BCUT2D eigenvalue weighted by Crippen LogP contribution is 2.40. The maximum atomic E-state index is 13.4. The van der Waals surface area contributed by atoms with Gasteiger partial charge in [-0.1, -0.05) is 13.3 Å². The van der Waals surface area contributed by atoms with Crippen LogP contribution in [-0.2, 0) is 12.0 Å². The van der Waals surface area contributed by atoms with Crippen LogP contribution in [0.15, 0.2) is 18.2 Å². The molecule has 0 aliphatic heterocycles. The Balaban J connectivity index is 2.23. The second-order valence-corrected chi connectivity index (χ2v) is 5.73. The van der Waals surface area contributed by atoms with E-state index in [0.717, 1.165) is 42.7 Å². The van der Waals surface area contributed by atoms with E-state index in [1.807, 2.05) is 6.07 Å². The van der Waals surface area contributed by atoms with Crippen LogP contribution in [0.3, 0.4) is 0 Å². The Morgan fingerprint density at radius 3 is 2.95 bits per heavy atom. The highest BCUT2D eigenvalue weighted by atomic mass is 19.1. The van der Waals surface area contributed by atoms with Gasteiger partial charge >= 0.3 is 0 Å². The van der Waals surface area contributed by atoms with Gasteiger partial charge < -0.3 is 10.3 Å². The number of aromatic nitrogens is 2. The molecule has 102 valence electrons. The fourth-order valence-electron chi connectivity index (χ4n) is 3.33. The number of halogens is 1. The first kappa shape index (κ1) is 12.6. The van der Waals surface area contributed by atoms with Gasteiger partial charge in [0.15, 0.2) is 0 Å². The first-order valence-corrected chi connectivity index (χ1v) is 6.98. The Bertz CT molecular complexity index is 619. The van der Waals surface area contributed by atoms with E-state index >= 15 is 0 Å². The maximum absolute atomic E-state index is 13.4. The zero-order chi connectivity index (χ0) is 13.6. The Morgan fingerprint density at radius 2 is 2.32 bits per heavy atom. The third kappa shape index (κ3) is 1.77. The van der Waals surface area contributed by atoms with Gasteiger partial charge in [-0.2, -0.15) is 0 Å². The maximum Gasteiger partial charge on any atom is 0.125 e. The van der Waals surface area contributed by atoms with Crippen molar-refractivity contribution < 1.29 is 4.39 Å². The van der Waals surface area contributed by atoms with E-state index in [2.05, 4.69) is 18.4 Å². The molecule has 0 amide bonds. The van der Waals surface area contributed by atoms with Gasteiger partial charge in [0.25, 0.3) is 0 Å². The van der Waals surface area contributed by atoms with E-state index in [1.165, 1.54) is 12.1 Å². The lowest BCUT2D eigenvalue weighted by atomic mass is 9.84. The van der Waals surface area contributed by atoms with E-state index in [9.17, 15) is 4.39 Å². The Labute approximate surface area is 112 Å². The average Bonchev–Trinajstić information content (AvgIpc) is 2.91. The molecule has 2 aromatic rings. The van der Waals surface area contributed by atoms with Gasteiger partial charge in [-0.3, -0.25) is 0 Å². The zero-order valence-corrected chi connectivity index (χ0v) is 11.5. The van der Waals surface area contributed by atoms with Gasteiger partial charge in [0, 0.05) is 24.1 Å². The lowest BCUT2D eigenvalue weighted by Crippen LogP contribution is -2.40. The van der Waals surface area contributed by atoms with Crippen molar-refractivity contribution in [3.05, 3.63) is 29.8 Å². The third-order valence-electron chi connectivity index (χ3n) is 4.57. The molecular formula is C15H20FN3. The first-order chi connectivity index (χ1) is 9.06. The van der Waals surface area contributed by atoms with Crippen molar-refractivity contribution in [2.24, 2.45) is 5.73 Å². The van der Waals surface area contributed by atoms with Gasteiger partial charge in [-0.15, -0.1) is 0 Å². The normalized spacial score (nSPS) is 27.3. The molecule has 2 atom stereocenters. The molecule has 0 saturated heterocycles. The van der Waals surface area contributed by atoms with Gasteiger partial charge in [-0.05, 0) is 31.9 Å². The van der Waals surface area contributed by atoms with Crippen LogP contribution in [0.4, 0.5) is 4.39 Å². The van der Waals surface area contributed by atoms with E-state index in [1.54, 1.807) is 0 Å². The topological polar surface area (TPSA) is 43.8 Å². The summed E-state index contributed by atoms with van der Waals surface area (Å²) in [5.41, 5.74) is 7.93. The molecular weight excluding hydrogens is 241 g/mol. The molecule has 0 bridgehead atoms. The van der Waals surface area contributed by atoms with Gasteiger partial charge in [0.05, 0.1) is 11.0 Å². The summed E-state index contributed by atoms with van der Waals surface area (Å²) in [4.78, 5) is 4.69. The molecule has 0 spiro atoms. The number of imidazole rings is 1. The molecule has 1 aliphatic rings. The average molecular weight is 261 g/mol. The molecule has 0 radical (unpaired) electrons. The minimum atomic E-state index is -0.235. The van der Waals surface area contributed by atoms with E-state index < -0.39 is 0 Å². The van der Waals surface area contributed by atoms with Crippen LogP contribution >= 0.6 is 0 Å². The van der Waals surface area contributed by atoms with Crippen LogP contribution in [0.25, 0.3) is 11.0 Å². The summed E-state index contributed by atoms with van der Waals surface area (Å²) in [7, 11) is 0. The summed E-state index contributed by atoms with van der Waals surface area (Å²) in [6, 6.07) is 4.96. The number of hydrogen-bond donors (Lipinski definition) is 1. The highest BCUT2D eigenvalue weighted by molar-refractivity contribution is 5.76. The van der Waals surface area contributed by atoms with Crippen molar-refractivity contribution in [1.29, 1.82) is 0 Å². The third-order valence-corrected chi connectivity index (χ3v) is 4.57. The zero-order valence-electron chi connectivity index (χ0n) is 11.5. The molecule has 1 aliphatic carbocycles. The van der Waals surface area contributed by atoms with Crippen molar-refractivity contribution in [3.8, 4) is 0 Å². The summed E-state index contributed by atoms with van der Waals surface area (Å²) in [6.07, 6.45) is 3.23. The molecule has 2 N–H and O–H groups in total. The number of hydrogen-bond acceptors (Lipinski definition) is 2. The summed E-state index contributed by atoms with van der Waals surface area (Å²) in [5, 5.41) is 0. The minimum absolute atomic E-state index is 0.0918. The van der Waals surface area contributed by atoms with Gasteiger partial charge in [-0.25, -0.2) is 9.37 Å². The molecule has 3 nitrogen and oxygen atoms in total. The second kappa shape index (κ2) is 4.30. The van der Waals surface area contributed by atoms with Crippen molar-refractivity contribution in [3.63, 3.8) is 0 Å². The number of nitrogens with zero attached hydrogens (tertiary/aromatic N) is 2. The standard InChI is InChI=1S/C15H20FN3/c1-3-19-12-7-6-10(16)9-11(12)18-14(19)15(2)8-4-5-13(15)17/h6-7,9,13H,3-5,8,17H2,1-2H3.